The average Bonchev–Trinajstić information content (AvgIpc) is 3.26. The van der Waals surface area contributed by atoms with Gasteiger partial charge < -0.3 is 9.30 Å². The van der Waals surface area contributed by atoms with Crippen LogP contribution in [0, 0.1) is 27.7 Å². The molecule has 3 aromatic rings. The predicted octanol–water partition coefficient (Wildman–Crippen LogP) is 3.88. The number of aromatic nitrogens is 5. The lowest BCUT2D eigenvalue weighted by Crippen LogP contribution is -2.14. The highest BCUT2D eigenvalue weighted by atomic mass is 32.2. The Balaban J connectivity index is 1.77. The number of Topliss-reactive ketones (excluding diaryl/α,β-unsaturated/α-hetero) is 1. The van der Waals surface area contributed by atoms with Crippen LogP contribution in [-0.4, -0.2) is 50.0 Å². The fourth-order valence-electron chi connectivity index (χ4n) is 3.55. The van der Waals surface area contributed by atoms with E-state index in [0.717, 1.165) is 22.6 Å². The number of benzene rings is 1. The van der Waals surface area contributed by atoms with E-state index in [1.807, 2.05) is 38.1 Å². The van der Waals surface area contributed by atoms with Crippen LogP contribution >= 0.6 is 11.8 Å². The van der Waals surface area contributed by atoms with Crippen molar-refractivity contribution in [3.05, 3.63) is 52.3 Å². The maximum absolute atomic E-state index is 12.9. The molecule has 0 unspecified atom stereocenters. The number of rotatable bonds is 8. The average molecular weight is 414 g/mol. The minimum Gasteiger partial charge on any atom is -0.383 e. The molecule has 2 aromatic heterocycles. The minimum absolute atomic E-state index is 0.0635. The van der Waals surface area contributed by atoms with E-state index in [2.05, 4.69) is 40.9 Å². The van der Waals surface area contributed by atoms with Gasteiger partial charge in [0.2, 0.25) is 5.16 Å². The van der Waals surface area contributed by atoms with Crippen LogP contribution in [0.2, 0.25) is 0 Å². The second-order valence-electron chi connectivity index (χ2n) is 7.31. The Morgan fingerprint density at radius 2 is 1.93 bits per heavy atom. The molecule has 0 aliphatic rings. The van der Waals surface area contributed by atoms with Crippen molar-refractivity contribution in [1.82, 2.24) is 24.8 Å². The maximum Gasteiger partial charge on any atom is 0.214 e. The highest BCUT2D eigenvalue weighted by Crippen LogP contribution is 2.25. The normalized spacial score (nSPS) is 12.3. The summed E-state index contributed by atoms with van der Waals surface area (Å²) in [6, 6.07) is 8.20. The molecule has 0 radical (unpaired) electrons. The van der Waals surface area contributed by atoms with Gasteiger partial charge in [0.15, 0.2) is 5.78 Å². The molecule has 0 N–H and O–H groups in total. The first-order chi connectivity index (χ1) is 13.8. The van der Waals surface area contributed by atoms with Crippen LogP contribution in [-0.2, 0) is 4.74 Å². The van der Waals surface area contributed by atoms with E-state index in [1.54, 1.807) is 11.8 Å². The van der Waals surface area contributed by atoms with E-state index < -0.39 is 0 Å². The molecule has 2 heterocycles. The first-order valence-corrected chi connectivity index (χ1v) is 10.5. The van der Waals surface area contributed by atoms with Crippen LogP contribution < -0.4 is 0 Å². The van der Waals surface area contributed by atoms with Crippen molar-refractivity contribution in [3.8, 4) is 5.69 Å². The first-order valence-electron chi connectivity index (χ1n) is 9.52. The smallest absolute Gasteiger partial charge is 0.214 e. The Hall–Kier alpha value is -2.45. The lowest BCUT2D eigenvalue weighted by atomic mass is 10.1. The van der Waals surface area contributed by atoms with Crippen LogP contribution in [0.25, 0.3) is 5.69 Å². The summed E-state index contributed by atoms with van der Waals surface area (Å²) in [5.41, 5.74) is 6.03. The van der Waals surface area contributed by atoms with Gasteiger partial charge in [0.05, 0.1) is 24.1 Å². The van der Waals surface area contributed by atoms with Gasteiger partial charge in [-0.3, -0.25) is 4.79 Å². The molecule has 0 fully saturated rings. The molecule has 0 bridgehead atoms. The predicted molar refractivity (Wildman–Crippen MR) is 114 cm³/mol. The molecule has 0 aliphatic heterocycles. The number of carbonyl (C=O) groups excluding carboxylic acids is 1. The van der Waals surface area contributed by atoms with Gasteiger partial charge >= 0.3 is 0 Å². The van der Waals surface area contributed by atoms with Crippen LogP contribution in [0.1, 0.15) is 45.8 Å². The van der Waals surface area contributed by atoms with Crippen LogP contribution in [0.4, 0.5) is 0 Å². The van der Waals surface area contributed by atoms with E-state index in [-0.39, 0.29) is 17.6 Å². The Morgan fingerprint density at radius 1 is 1.17 bits per heavy atom. The summed E-state index contributed by atoms with van der Waals surface area (Å²) in [4.78, 5) is 12.9. The number of hydrogen-bond donors (Lipinski definition) is 0. The van der Waals surface area contributed by atoms with Gasteiger partial charge in [-0.05, 0) is 74.4 Å². The molecule has 0 aliphatic carbocycles. The number of hydrogen-bond acceptors (Lipinski definition) is 6. The number of nitrogens with zero attached hydrogens (tertiary/aromatic N) is 5. The van der Waals surface area contributed by atoms with Crippen LogP contribution in [0.3, 0.4) is 0 Å². The zero-order chi connectivity index (χ0) is 21.1. The highest BCUT2D eigenvalue weighted by Gasteiger charge is 2.20. The first kappa shape index (κ1) is 21.3. The summed E-state index contributed by atoms with van der Waals surface area (Å²) in [7, 11) is 1.69. The van der Waals surface area contributed by atoms with Crippen molar-refractivity contribution in [2.75, 3.05) is 19.5 Å². The number of thioether (sulfide) groups is 1. The second kappa shape index (κ2) is 8.92. The molecule has 0 saturated heterocycles. The zero-order valence-corrected chi connectivity index (χ0v) is 18.6. The lowest BCUT2D eigenvalue weighted by molar-refractivity contribution is 0.102. The molecule has 154 valence electrons. The summed E-state index contributed by atoms with van der Waals surface area (Å²) in [6.45, 7) is 10.8. The highest BCUT2D eigenvalue weighted by molar-refractivity contribution is 7.99. The number of methoxy groups -OCH3 is 1. The summed E-state index contributed by atoms with van der Waals surface area (Å²) >= 11 is 1.35. The Labute approximate surface area is 175 Å². The molecule has 8 heteroatoms. The summed E-state index contributed by atoms with van der Waals surface area (Å²) < 4.78 is 9.10. The van der Waals surface area contributed by atoms with Gasteiger partial charge in [-0.2, -0.15) is 4.68 Å². The largest absolute Gasteiger partial charge is 0.383 e. The van der Waals surface area contributed by atoms with Gasteiger partial charge in [0.1, 0.15) is 0 Å². The van der Waals surface area contributed by atoms with Gasteiger partial charge in [-0.15, -0.1) is 5.10 Å². The third-order valence-corrected chi connectivity index (χ3v) is 6.06. The number of ether oxygens (including phenoxy) is 1. The topological polar surface area (TPSA) is 74.8 Å². The molecule has 0 amide bonds. The molecule has 3 rings (SSSR count). The van der Waals surface area contributed by atoms with Crippen LogP contribution in [0.5, 0.6) is 0 Å². The lowest BCUT2D eigenvalue weighted by Gasteiger charge is -2.17. The summed E-state index contributed by atoms with van der Waals surface area (Å²) in [5.74, 6) is 0.336. The molecule has 1 atom stereocenters. The third-order valence-electron chi connectivity index (χ3n) is 5.14. The summed E-state index contributed by atoms with van der Waals surface area (Å²) in [6.07, 6.45) is 0. The van der Waals surface area contributed by atoms with Gasteiger partial charge in [0.25, 0.3) is 0 Å². The van der Waals surface area contributed by atoms with Gasteiger partial charge in [-0.1, -0.05) is 17.8 Å². The Morgan fingerprint density at radius 3 is 2.62 bits per heavy atom. The monoisotopic (exact) mass is 413 g/mol. The van der Waals surface area contributed by atoms with Crippen molar-refractivity contribution < 1.29 is 9.53 Å². The van der Waals surface area contributed by atoms with Crippen molar-refractivity contribution >= 4 is 17.5 Å². The SMILES string of the molecule is COC[C@@H](C)n1c(C)cc(C(=O)CSc2nnnn2-c2ccc(C)c(C)c2)c1C. The van der Waals surface area contributed by atoms with Gasteiger partial charge in [0, 0.05) is 24.1 Å². The maximum atomic E-state index is 12.9. The van der Waals surface area contributed by atoms with Crippen molar-refractivity contribution in [1.29, 1.82) is 0 Å². The van der Waals surface area contributed by atoms with E-state index in [9.17, 15) is 4.79 Å². The number of carbonyl (C=O) groups is 1. The fourth-order valence-corrected chi connectivity index (χ4v) is 4.32. The molecule has 7 nitrogen and oxygen atoms in total. The molecular formula is C21H27N5O2S. The standard InChI is InChI=1S/C21H27N5O2S/c1-13-7-8-18(9-14(13)2)26-21(22-23-24-26)29-12-20(27)19-10-15(3)25(17(19)5)16(4)11-28-6/h7-10,16H,11-12H2,1-6H3/t16-/m1/s1. The van der Waals surface area contributed by atoms with Crippen molar-refractivity contribution in [2.45, 2.75) is 45.8 Å². The van der Waals surface area contributed by atoms with E-state index in [0.29, 0.717) is 11.8 Å². The molecule has 0 spiro atoms. The summed E-state index contributed by atoms with van der Waals surface area (Å²) in [5, 5.41) is 12.6. The molecular weight excluding hydrogens is 386 g/mol. The molecule has 1 aromatic carbocycles. The van der Waals surface area contributed by atoms with Gasteiger partial charge in [-0.25, -0.2) is 0 Å². The molecule has 0 saturated carbocycles. The number of tetrazole rings is 1. The Kier molecular flexibility index (Phi) is 6.54. The number of ketones is 1. The zero-order valence-electron chi connectivity index (χ0n) is 17.8. The van der Waals surface area contributed by atoms with Crippen molar-refractivity contribution in [3.63, 3.8) is 0 Å². The third kappa shape index (κ3) is 4.43. The van der Waals surface area contributed by atoms with E-state index in [4.69, 9.17) is 4.74 Å². The molecule has 29 heavy (non-hydrogen) atoms. The van der Waals surface area contributed by atoms with Crippen LogP contribution in [0.15, 0.2) is 29.4 Å². The number of aryl methyl sites for hydroxylation is 3. The quantitative estimate of drug-likeness (QED) is 0.412. The Bertz CT molecular complexity index is 1020. The second-order valence-corrected chi connectivity index (χ2v) is 8.26. The van der Waals surface area contributed by atoms with E-state index in [1.165, 1.54) is 22.9 Å². The minimum atomic E-state index is 0.0635. The fraction of sp³-hybridized carbons (Fsp3) is 0.429. The van der Waals surface area contributed by atoms with Crippen molar-refractivity contribution in [2.24, 2.45) is 0 Å². The van der Waals surface area contributed by atoms with E-state index >= 15 is 0 Å².